The van der Waals surface area contributed by atoms with Crippen LogP contribution in [-0.4, -0.2) is 38.9 Å². The molecule has 2 aliphatic rings. The lowest BCUT2D eigenvalue weighted by Gasteiger charge is -2.19. The van der Waals surface area contributed by atoms with Crippen LogP contribution in [0.2, 0.25) is 0 Å². The van der Waals surface area contributed by atoms with Gasteiger partial charge in [0.15, 0.2) is 0 Å². The van der Waals surface area contributed by atoms with E-state index in [0.29, 0.717) is 31.8 Å². The molecular weight excluding hydrogens is 346 g/mol. The van der Waals surface area contributed by atoms with Crippen molar-refractivity contribution >= 4 is 12.1 Å². The minimum absolute atomic E-state index is 0.401. The molecule has 2 aliphatic carbocycles. The Bertz CT molecular complexity index is 669. The number of alkyl carbamates (subject to hydrolysis) is 1. The van der Waals surface area contributed by atoms with E-state index in [2.05, 4.69) is 14.9 Å². The highest BCUT2D eigenvalue weighted by atomic mass is 16.6. The van der Waals surface area contributed by atoms with Crippen LogP contribution in [0, 0.1) is 17.8 Å². The van der Waals surface area contributed by atoms with Crippen LogP contribution in [0.4, 0.5) is 4.79 Å². The number of carboxylic acid groups (broad SMARTS) is 1. The number of aromatic nitrogens is 2. The molecule has 1 aromatic heterocycles. The zero-order valence-corrected chi connectivity index (χ0v) is 16.5. The van der Waals surface area contributed by atoms with Crippen LogP contribution in [0.25, 0.3) is 0 Å². The van der Waals surface area contributed by atoms with Crippen LogP contribution in [-0.2, 0) is 16.0 Å². The molecule has 1 amide bonds. The minimum atomic E-state index is -0.816. The summed E-state index contributed by atoms with van der Waals surface area (Å²) in [7, 11) is 0. The normalized spacial score (nSPS) is 24.9. The number of carbonyl (C=O) groups excluding carboxylic acids is 1. The van der Waals surface area contributed by atoms with Gasteiger partial charge in [0.25, 0.3) is 0 Å². The van der Waals surface area contributed by atoms with Crippen LogP contribution >= 0.6 is 0 Å². The van der Waals surface area contributed by atoms with Gasteiger partial charge in [-0.3, -0.25) is 4.79 Å². The Kier molecular flexibility index (Phi) is 5.77. The van der Waals surface area contributed by atoms with E-state index in [9.17, 15) is 14.7 Å². The molecule has 3 rings (SSSR count). The van der Waals surface area contributed by atoms with Gasteiger partial charge in [-0.2, -0.15) is 0 Å². The summed E-state index contributed by atoms with van der Waals surface area (Å²) >= 11 is 0. The van der Waals surface area contributed by atoms with Crippen molar-refractivity contribution in [2.24, 2.45) is 17.8 Å². The van der Waals surface area contributed by atoms with E-state index in [1.165, 1.54) is 19.3 Å². The Hall–Kier alpha value is -2.05. The number of ether oxygens (including phenoxy) is 1. The highest BCUT2D eigenvalue weighted by molar-refractivity contribution is 5.70. The number of rotatable bonds is 8. The average Bonchev–Trinajstić information content (AvgIpc) is 2.96. The Labute approximate surface area is 160 Å². The van der Waals surface area contributed by atoms with E-state index in [1.54, 1.807) is 20.8 Å². The molecule has 0 bridgehead atoms. The summed E-state index contributed by atoms with van der Waals surface area (Å²) in [4.78, 5) is 27.6. The predicted octanol–water partition coefficient (Wildman–Crippen LogP) is 3.40. The molecule has 2 fully saturated rings. The first-order valence-electron chi connectivity index (χ1n) is 9.93. The number of nitrogens with zero attached hydrogens (tertiary/aromatic N) is 2. The molecule has 1 heterocycles. The Morgan fingerprint density at radius 2 is 2.04 bits per heavy atom. The number of carboxylic acids is 1. The van der Waals surface area contributed by atoms with E-state index >= 15 is 0 Å². The summed E-state index contributed by atoms with van der Waals surface area (Å²) in [5, 5.41) is 12.2. The van der Waals surface area contributed by atoms with Crippen LogP contribution < -0.4 is 5.32 Å². The summed E-state index contributed by atoms with van der Waals surface area (Å²) in [5.74, 6) is 0.505. The molecule has 2 saturated carbocycles. The van der Waals surface area contributed by atoms with Gasteiger partial charge in [0.2, 0.25) is 0 Å². The lowest BCUT2D eigenvalue weighted by molar-refractivity contribution is -0.142. The minimum Gasteiger partial charge on any atom is -0.481 e. The number of nitrogens with one attached hydrogen (secondary N) is 1. The lowest BCUT2D eigenvalue weighted by Crippen LogP contribution is -2.33. The van der Waals surface area contributed by atoms with Crippen molar-refractivity contribution < 1.29 is 19.4 Å². The van der Waals surface area contributed by atoms with E-state index in [-0.39, 0.29) is 0 Å². The van der Waals surface area contributed by atoms with Crippen molar-refractivity contribution in [3.63, 3.8) is 0 Å². The van der Waals surface area contributed by atoms with E-state index in [4.69, 9.17) is 4.74 Å². The molecule has 2 N–H and O–H groups in total. The SMILES string of the molecule is CC(C)(C)OC(=O)NCCC[C@@H](Cc1cn(C2C[C@@H]3C[C@@H]3C2)cn1)C(=O)O. The number of aliphatic carboxylic acids is 1. The fourth-order valence-corrected chi connectivity index (χ4v) is 4.03. The van der Waals surface area contributed by atoms with Crippen molar-refractivity contribution in [2.75, 3.05) is 6.54 Å². The van der Waals surface area contributed by atoms with Crippen molar-refractivity contribution in [2.45, 2.75) is 70.9 Å². The number of carbonyl (C=O) groups is 2. The molecule has 0 saturated heterocycles. The topological polar surface area (TPSA) is 93.5 Å². The maximum absolute atomic E-state index is 11.6. The van der Waals surface area contributed by atoms with Crippen molar-refractivity contribution in [1.29, 1.82) is 0 Å². The molecule has 1 unspecified atom stereocenters. The van der Waals surface area contributed by atoms with Gasteiger partial charge in [-0.15, -0.1) is 0 Å². The predicted molar refractivity (Wildman–Crippen MR) is 100 cm³/mol. The molecule has 7 nitrogen and oxygen atoms in total. The van der Waals surface area contributed by atoms with Crippen LogP contribution in [0.15, 0.2) is 12.5 Å². The van der Waals surface area contributed by atoms with Gasteiger partial charge >= 0.3 is 12.1 Å². The zero-order chi connectivity index (χ0) is 19.6. The Balaban J connectivity index is 1.42. The third-order valence-electron chi connectivity index (χ3n) is 5.50. The first kappa shape index (κ1) is 19.7. The second-order valence-electron chi connectivity index (χ2n) is 9.00. The van der Waals surface area contributed by atoms with E-state index in [1.807, 2.05) is 12.5 Å². The second kappa shape index (κ2) is 7.90. The fourth-order valence-electron chi connectivity index (χ4n) is 4.03. The molecular formula is C20H31N3O4. The summed E-state index contributed by atoms with van der Waals surface area (Å²) < 4.78 is 7.34. The molecule has 1 aromatic rings. The molecule has 0 aromatic carbocycles. The van der Waals surface area contributed by atoms with Gasteiger partial charge < -0.3 is 19.7 Å². The highest BCUT2D eigenvalue weighted by Gasteiger charge is 2.46. The third kappa shape index (κ3) is 5.71. The summed E-state index contributed by atoms with van der Waals surface area (Å²) in [6.07, 6.45) is 8.76. The van der Waals surface area contributed by atoms with Gasteiger partial charge in [-0.25, -0.2) is 9.78 Å². The average molecular weight is 377 g/mol. The monoisotopic (exact) mass is 377 g/mol. The molecule has 150 valence electrons. The van der Waals surface area contributed by atoms with Gasteiger partial charge in [0.1, 0.15) is 5.60 Å². The number of imidazole rings is 1. The lowest BCUT2D eigenvalue weighted by atomic mass is 9.98. The number of amides is 1. The largest absolute Gasteiger partial charge is 0.481 e. The summed E-state index contributed by atoms with van der Waals surface area (Å²) in [5.41, 5.74) is 0.301. The van der Waals surface area contributed by atoms with Crippen LogP contribution in [0.1, 0.15) is 64.6 Å². The summed E-state index contributed by atoms with van der Waals surface area (Å²) in [6, 6.07) is 0.538. The molecule has 0 spiro atoms. The Morgan fingerprint density at radius 3 is 2.67 bits per heavy atom. The number of hydrogen-bond acceptors (Lipinski definition) is 4. The van der Waals surface area contributed by atoms with Crippen LogP contribution in [0.3, 0.4) is 0 Å². The number of fused-ring (bicyclic) bond motifs is 1. The molecule has 0 aliphatic heterocycles. The maximum atomic E-state index is 11.6. The third-order valence-corrected chi connectivity index (χ3v) is 5.50. The van der Waals surface area contributed by atoms with Crippen LogP contribution in [0.5, 0.6) is 0 Å². The molecule has 7 heteroatoms. The first-order chi connectivity index (χ1) is 12.7. The first-order valence-corrected chi connectivity index (χ1v) is 9.93. The van der Waals surface area contributed by atoms with Crippen molar-refractivity contribution in [3.05, 3.63) is 18.2 Å². The van der Waals surface area contributed by atoms with Gasteiger partial charge in [0, 0.05) is 25.2 Å². The second-order valence-corrected chi connectivity index (χ2v) is 9.00. The molecule has 27 heavy (non-hydrogen) atoms. The zero-order valence-electron chi connectivity index (χ0n) is 16.5. The van der Waals surface area contributed by atoms with Gasteiger partial charge in [-0.1, -0.05) is 0 Å². The summed E-state index contributed by atoms with van der Waals surface area (Å²) in [6.45, 7) is 5.82. The van der Waals surface area contributed by atoms with Gasteiger partial charge in [0.05, 0.1) is 17.9 Å². The van der Waals surface area contributed by atoms with Crippen molar-refractivity contribution in [3.8, 4) is 0 Å². The fraction of sp³-hybridized carbons (Fsp3) is 0.750. The molecule has 4 atom stereocenters. The quantitative estimate of drug-likeness (QED) is 0.677. The molecule has 0 radical (unpaired) electrons. The van der Waals surface area contributed by atoms with E-state index < -0.39 is 23.6 Å². The standard InChI is InChI=1S/C20H31N3O4/c1-20(2,3)27-19(26)21-6-4-5-13(18(24)25)8-16-11-23(12-22-16)17-9-14-7-15(14)10-17/h11-15,17H,4-10H2,1-3H3,(H,21,26)(H,24,25)/t13-,14-,15+,17?/m0/s1. The smallest absolute Gasteiger partial charge is 0.407 e. The highest BCUT2D eigenvalue weighted by Crippen LogP contribution is 2.55. The van der Waals surface area contributed by atoms with Gasteiger partial charge in [-0.05, 0) is 64.7 Å². The van der Waals surface area contributed by atoms with E-state index in [0.717, 1.165) is 17.5 Å². The Morgan fingerprint density at radius 1 is 1.33 bits per heavy atom. The van der Waals surface area contributed by atoms with Crippen molar-refractivity contribution in [1.82, 2.24) is 14.9 Å². The maximum Gasteiger partial charge on any atom is 0.407 e. The number of hydrogen-bond donors (Lipinski definition) is 2.